The van der Waals surface area contributed by atoms with Gasteiger partial charge >= 0.3 is 0 Å². The minimum atomic E-state index is -0.0757. The van der Waals surface area contributed by atoms with Gasteiger partial charge in [-0.25, -0.2) is 4.39 Å². The predicted molar refractivity (Wildman–Crippen MR) is 101 cm³/mol. The van der Waals surface area contributed by atoms with E-state index in [2.05, 4.69) is 17.2 Å². The van der Waals surface area contributed by atoms with Gasteiger partial charge in [-0.1, -0.05) is 29.6 Å². The summed E-state index contributed by atoms with van der Waals surface area (Å²) in [5, 5.41) is 10.7. The van der Waals surface area contributed by atoms with Crippen LogP contribution < -0.4 is 0 Å². The molecule has 0 fully saturated rings. The lowest BCUT2D eigenvalue weighted by Gasteiger charge is -2.19. The molecule has 0 heterocycles. The third-order valence-electron chi connectivity index (χ3n) is 4.35. The van der Waals surface area contributed by atoms with E-state index in [-0.39, 0.29) is 5.83 Å². The van der Waals surface area contributed by atoms with Crippen LogP contribution in [0.2, 0.25) is 0 Å². The second-order valence-corrected chi connectivity index (χ2v) is 7.03. The van der Waals surface area contributed by atoms with Crippen LogP contribution in [0.25, 0.3) is 0 Å². The molecule has 0 spiro atoms. The summed E-state index contributed by atoms with van der Waals surface area (Å²) in [6, 6.07) is 7.65. The molecule has 1 aromatic carbocycles. The van der Waals surface area contributed by atoms with Gasteiger partial charge in [-0.15, -0.1) is 0 Å². The molecule has 0 saturated heterocycles. The SMILES string of the molecule is CC1=CC(F)=C(C2=CC=C(C#Cc3ccc(SC#N)cc3)CC2)CC1. The summed E-state index contributed by atoms with van der Waals surface area (Å²) in [5.74, 6) is 6.29. The van der Waals surface area contributed by atoms with E-state index in [1.165, 1.54) is 0 Å². The van der Waals surface area contributed by atoms with Gasteiger partial charge in [-0.05, 0) is 85.9 Å². The Kier molecular flexibility index (Phi) is 5.59. The van der Waals surface area contributed by atoms with E-state index in [0.717, 1.165) is 70.2 Å². The Balaban J connectivity index is 1.72. The normalized spacial score (nSPS) is 16.9. The van der Waals surface area contributed by atoms with E-state index >= 15 is 0 Å². The first-order valence-electron chi connectivity index (χ1n) is 8.29. The Morgan fingerprint density at radius 2 is 1.80 bits per heavy atom. The second-order valence-electron chi connectivity index (χ2n) is 6.17. The van der Waals surface area contributed by atoms with Crippen molar-refractivity contribution in [2.75, 3.05) is 0 Å². The fraction of sp³-hybridized carbons (Fsp3) is 0.227. The monoisotopic (exact) mass is 347 g/mol. The number of rotatable bonds is 2. The van der Waals surface area contributed by atoms with Gasteiger partial charge in [0.1, 0.15) is 11.2 Å². The molecule has 0 bridgehead atoms. The first-order valence-corrected chi connectivity index (χ1v) is 9.11. The third kappa shape index (κ3) is 4.53. The molecule has 0 aliphatic heterocycles. The minimum absolute atomic E-state index is 0.0757. The fourth-order valence-corrected chi connectivity index (χ4v) is 3.31. The number of hydrogen-bond acceptors (Lipinski definition) is 2. The zero-order valence-corrected chi connectivity index (χ0v) is 14.9. The van der Waals surface area contributed by atoms with Crippen molar-refractivity contribution in [1.82, 2.24) is 0 Å². The van der Waals surface area contributed by atoms with Crippen molar-refractivity contribution >= 4 is 11.8 Å². The van der Waals surface area contributed by atoms with Crippen molar-refractivity contribution in [2.24, 2.45) is 0 Å². The van der Waals surface area contributed by atoms with Crippen molar-refractivity contribution < 1.29 is 4.39 Å². The average molecular weight is 347 g/mol. The number of thioether (sulfide) groups is 1. The van der Waals surface area contributed by atoms with Crippen LogP contribution >= 0.6 is 11.8 Å². The number of nitriles is 1. The number of allylic oxidation sites excluding steroid dienone is 8. The summed E-state index contributed by atoms with van der Waals surface area (Å²) in [6.07, 6.45) is 9.11. The quantitative estimate of drug-likeness (QED) is 0.360. The molecule has 3 rings (SSSR count). The molecule has 25 heavy (non-hydrogen) atoms. The van der Waals surface area contributed by atoms with E-state index in [9.17, 15) is 4.39 Å². The van der Waals surface area contributed by atoms with Crippen LogP contribution in [0.4, 0.5) is 4.39 Å². The van der Waals surface area contributed by atoms with Gasteiger partial charge in [-0.2, -0.15) is 5.26 Å². The van der Waals surface area contributed by atoms with E-state index in [1.54, 1.807) is 6.08 Å². The minimum Gasteiger partial charge on any atom is -0.207 e. The highest BCUT2D eigenvalue weighted by Crippen LogP contribution is 2.34. The molecule has 1 nitrogen and oxygen atoms in total. The second kappa shape index (κ2) is 8.06. The molecule has 124 valence electrons. The highest BCUT2D eigenvalue weighted by Gasteiger charge is 2.16. The summed E-state index contributed by atoms with van der Waals surface area (Å²) in [7, 11) is 0. The Morgan fingerprint density at radius 3 is 2.44 bits per heavy atom. The van der Waals surface area contributed by atoms with E-state index in [0.29, 0.717) is 0 Å². The van der Waals surface area contributed by atoms with Crippen LogP contribution in [-0.4, -0.2) is 0 Å². The molecule has 1 aromatic rings. The molecule has 0 unspecified atom stereocenters. The van der Waals surface area contributed by atoms with Gasteiger partial charge in [-0.3, -0.25) is 0 Å². The Bertz CT molecular complexity index is 896. The average Bonchev–Trinajstić information content (AvgIpc) is 2.62. The summed E-state index contributed by atoms with van der Waals surface area (Å²) in [5.41, 5.74) is 5.07. The van der Waals surface area contributed by atoms with E-state index < -0.39 is 0 Å². The maximum atomic E-state index is 14.1. The molecule has 0 radical (unpaired) electrons. The third-order valence-corrected chi connectivity index (χ3v) is 4.95. The van der Waals surface area contributed by atoms with Crippen LogP contribution in [0.1, 0.15) is 38.2 Å². The molecular formula is C22H18FNS. The Labute approximate surface area is 152 Å². The zero-order chi connectivity index (χ0) is 17.6. The lowest BCUT2D eigenvalue weighted by atomic mass is 9.87. The fourth-order valence-electron chi connectivity index (χ4n) is 2.94. The molecule has 2 aliphatic carbocycles. The predicted octanol–water partition coefficient (Wildman–Crippen LogP) is 6.22. The van der Waals surface area contributed by atoms with Gasteiger partial charge < -0.3 is 0 Å². The lowest BCUT2D eigenvalue weighted by Crippen LogP contribution is -2.01. The van der Waals surface area contributed by atoms with Crippen LogP contribution in [0.15, 0.2) is 75.5 Å². The lowest BCUT2D eigenvalue weighted by molar-refractivity contribution is 0.630. The van der Waals surface area contributed by atoms with Crippen molar-refractivity contribution in [3.8, 4) is 17.2 Å². The van der Waals surface area contributed by atoms with Crippen LogP contribution in [0, 0.1) is 22.5 Å². The van der Waals surface area contributed by atoms with Crippen molar-refractivity contribution in [3.63, 3.8) is 0 Å². The van der Waals surface area contributed by atoms with E-state index in [1.807, 2.05) is 43.3 Å². The topological polar surface area (TPSA) is 23.8 Å². The number of halogens is 1. The summed E-state index contributed by atoms with van der Waals surface area (Å²) in [4.78, 5) is 0.921. The zero-order valence-electron chi connectivity index (χ0n) is 14.1. The summed E-state index contributed by atoms with van der Waals surface area (Å²) >= 11 is 1.14. The smallest absolute Gasteiger partial charge is 0.138 e. The standard InChI is InChI=1S/C22H18FNS/c1-16-2-13-21(22(23)14-16)19-9-5-17(6-10-19)3-4-18-7-11-20(12-8-18)25-15-24/h5,7-9,11-12,14H,2,6,10,13H2,1H3. The summed E-state index contributed by atoms with van der Waals surface area (Å²) < 4.78 is 14.1. The Morgan fingerprint density at radius 1 is 1.00 bits per heavy atom. The highest BCUT2D eigenvalue weighted by atomic mass is 32.2. The van der Waals surface area contributed by atoms with Gasteiger partial charge in [0, 0.05) is 16.0 Å². The molecule has 0 aromatic heterocycles. The van der Waals surface area contributed by atoms with Crippen molar-refractivity contribution in [2.45, 2.75) is 37.5 Å². The van der Waals surface area contributed by atoms with Crippen molar-refractivity contribution in [1.29, 1.82) is 5.26 Å². The molecule has 0 amide bonds. The van der Waals surface area contributed by atoms with Gasteiger partial charge in [0.15, 0.2) is 0 Å². The Hall–Kier alpha value is -2.49. The number of thiocyanates is 1. The van der Waals surface area contributed by atoms with E-state index in [4.69, 9.17) is 5.26 Å². The first kappa shape index (κ1) is 17.3. The number of benzene rings is 1. The first-order chi connectivity index (χ1) is 12.2. The molecular weight excluding hydrogens is 329 g/mol. The molecule has 3 heteroatoms. The summed E-state index contributed by atoms with van der Waals surface area (Å²) in [6.45, 7) is 1.98. The van der Waals surface area contributed by atoms with Crippen LogP contribution in [0.3, 0.4) is 0 Å². The molecule has 2 aliphatic rings. The maximum absolute atomic E-state index is 14.1. The largest absolute Gasteiger partial charge is 0.207 e. The molecule has 0 saturated carbocycles. The van der Waals surface area contributed by atoms with Crippen LogP contribution in [-0.2, 0) is 0 Å². The van der Waals surface area contributed by atoms with Gasteiger partial charge in [0.25, 0.3) is 0 Å². The van der Waals surface area contributed by atoms with Crippen molar-refractivity contribution in [3.05, 3.63) is 76.2 Å². The van der Waals surface area contributed by atoms with Gasteiger partial charge in [0.05, 0.1) is 0 Å². The molecule has 0 N–H and O–H groups in total. The maximum Gasteiger partial charge on any atom is 0.138 e. The molecule has 0 atom stereocenters. The highest BCUT2D eigenvalue weighted by molar-refractivity contribution is 8.03. The number of hydrogen-bond donors (Lipinski definition) is 0. The van der Waals surface area contributed by atoms with Gasteiger partial charge in [0.2, 0.25) is 0 Å². The van der Waals surface area contributed by atoms with Crippen LogP contribution in [0.5, 0.6) is 0 Å². The number of nitrogens with zero attached hydrogens (tertiary/aromatic N) is 1.